The summed E-state index contributed by atoms with van der Waals surface area (Å²) in [5.74, 6) is -0.610. The third-order valence-corrected chi connectivity index (χ3v) is 7.63. The van der Waals surface area contributed by atoms with Crippen LogP contribution in [0.25, 0.3) is 6.08 Å². The normalized spacial score (nSPS) is 14.7. The maximum Gasteiger partial charge on any atom is 0.338 e. The van der Waals surface area contributed by atoms with E-state index in [0.29, 0.717) is 20.6 Å². The Balaban J connectivity index is 1.87. The summed E-state index contributed by atoms with van der Waals surface area (Å²) < 4.78 is 18.1. The summed E-state index contributed by atoms with van der Waals surface area (Å²) >= 11 is 1.25. The molecule has 9 nitrogen and oxygen atoms in total. The minimum absolute atomic E-state index is 0.00491. The molecule has 0 radical (unpaired) electrons. The van der Waals surface area contributed by atoms with Crippen LogP contribution >= 0.6 is 11.3 Å². The van der Waals surface area contributed by atoms with Gasteiger partial charge in [-0.05, 0) is 62.2 Å². The highest BCUT2D eigenvalue weighted by molar-refractivity contribution is 7.07. The zero-order valence-corrected chi connectivity index (χ0v) is 24.6. The molecule has 0 fully saturated rings. The van der Waals surface area contributed by atoms with Crippen molar-refractivity contribution in [2.75, 3.05) is 31.7 Å². The van der Waals surface area contributed by atoms with Crippen LogP contribution in [0, 0.1) is 0 Å². The van der Waals surface area contributed by atoms with Crippen molar-refractivity contribution in [3.05, 3.63) is 97.2 Å². The number of fused-ring (bicyclic) bond motifs is 1. The molecule has 0 aliphatic carbocycles. The summed E-state index contributed by atoms with van der Waals surface area (Å²) in [5, 5.41) is 0. The fourth-order valence-corrected chi connectivity index (χ4v) is 5.77. The van der Waals surface area contributed by atoms with E-state index >= 15 is 0 Å². The highest BCUT2D eigenvalue weighted by Gasteiger charge is 2.34. The number of hydrogen-bond donors (Lipinski definition) is 0. The molecule has 1 unspecified atom stereocenters. The van der Waals surface area contributed by atoms with E-state index in [1.165, 1.54) is 36.0 Å². The molecule has 4 rings (SSSR count). The van der Waals surface area contributed by atoms with Crippen LogP contribution in [-0.4, -0.2) is 43.3 Å². The molecule has 3 aromatic rings. The molecule has 0 bridgehead atoms. The van der Waals surface area contributed by atoms with Crippen LogP contribution in [0.15, 0.2) is 76.2 Å². The van der Waals surface area contributed by atoms with E-state index in [2.05, 4.69) is 30.3 Å². The van der Waals surface area contributed by atoms with Gasteiger partial charge in [0, 0.05) is 25.7 Å². The number of anilines is 1. The molecular weight excluding hydrogens is 542 g/mol. The Bertz CT molecular complexity index is 1680. The number of ether oxygens (including phenoxy) is 3. The van der Waals surface area contributed by atoms with Gasteiger partial charge >= 0.3 is 11.9 Å². The highest BCUT2D eigenvalue weighted by atomic mass is 32.1. The quantitative estimate of drug-likeness (QED) is 0.206. The van der Waals surface area contributed by atoms with Crippen molar-refractivity contribution < 1.29 is 23.8 Å². The molecule has 2 heterocycles. The lowest BCUT2D eigenvalue weighted by molar-refractivity contribution is -0.138. The topological polar surface area (TPSA) is 99.4 Å². The zero-order valence-electron chi connectivity index (χ0n) is 23.8. The molecule has 0 saturated heterocycles. The number of hydrogen-bond acceptors (Lipinski definition) is 9. The van der Waals surface area contributed by atoms with E-state index in [1.54, 1.807) is 25.1 Å². The SMILES string of the molecule is C=CCOC(=O)C1=C(C)N=c2sc(=Cc3ccc(N(CC)CC)cc3)c(=O)n2C1c1ccc(OC(C)=O)c(OC)c1. The number of esters is 2. The molecular formula is C31H33N3O6S. The van der Waals surface area contributed by atoms with E-state index in [4.69, 9.17) is 14.2 Å². The predicted octanol–water partition coefficient (Wildman–Crippen LogP) is 3.74. The maximum atomic E-state index is 13.9. The van der Waals surface area contributed by atoms with Crippen LogP contribution in [0.5, 0.6) is 11.5 Å². The zero-order chi connectivity index (χ0) is 29.7. The molecule has 0 N–H and O–H groups in total. The number of carbonyl (C=O) groups excluding carboxylic acids is 2. The van der Waals surface area contributed by atoms with Crippen LogP contribution in [0.3, 0.4) is 0 Å². The lowest BCUT2D eigenvalue weighted by Crippen LogP contribution is -2.40. The Morgan fingerprint density at radius 2 is 1.83 bits per heavy atom. The van der Waals surface area contributed by atoms with Gasteiger partial charge in [-0.3, -0.25) is 14.2 Å². The molecule has 0 saturated carbocycles. The Labute approximate surface area is 242 Å². The number of allylic oxidation sites excluding steroid dienone is 1. The predicted molar refractivity (Wildman–Crippen MR) is 159 cm³/mol. The van der Waals surface area contributed by atoms with Gasteiger partial charge < -0.3 is 19.1 Å². The first-order chi connectivity index (χ1) is 19.7. The lowest BCUT2D eigenvalue weighted by atomic mass is 9.95. The third kappa shape index (κ3) is 6.17. The van der Waals surface area contributed by atoms with Gasteiger partial charge in [-0.1, -0.05) is 42.2 Å². The Kier molecular flexibility index (Phi) is 9.24. The average molecular weight is 576 g/mol. The number of benzene rings is 2. The smallest absolute Gasteiger partial charge is 0.338 e. The summed E-state index contributed by atoms with van der Waals surface area (Å²) in [6.07, 6.45) is 3.30. The number of carbonyl (C=O) groups is 2. The van der Waals surface area contributed by atoms with Gasteiger partial charge in [0.05, 0.1) is 29.0 Å². The number of methoxy groups -OCH3 is 1. The maximum absolute atomic E-state index is 13.9. The minimum atomic E-state index is -0.851. The standard InChI is InChI=1S/C31H33N3O6S/c1-7-16-39-30(37)27-19(4)32-31-34(28(27)22-12-15-24(40-20(5)35)25(18-22)38-6)29(36)26(41-31)17-21-10-13-23(14-11-21)33(8-2)9-3/h7,10-15,17-18,28H,1,8-9,16H2,2-6H3. The molecule has 41 heavy (non-hydrogen) atoms. The molecule has 0 spiro atoms. The van der Waals surface area contributed by atoms with Gasteiger partial charge in [0.2, 0.25) is 0 Å². The first kappa shape index (κ1) is 29.5. The van der Waals surface area contributed by atoms with Crippen molar-refractivity contribution in [3.63, 3.8) is 0 Å². The van der Waals surface area contributed by atoms with Crippen LogP contribution in [0.1, 0.15) is 44.9 Å². The summed E-state index contributed by atoms with van der Waals surface area (Å²) in [6.45, 7) is 12.6. The van der Waals surface area contributed by atoms with Crippen molar-refractivity contribution in [1.29, 1.82) is 0 Å². The summed E-state index contributed by atoms with van der Waals surface area (Å²) in [7, 11) is 1.45. The molecule has 1 aromatic heterocycles. The molecule has 1 aliphatic heterocycles. The molecule has 1 atom stereocenters. The fraction of sp³-hybridized carbons (Fsp3) is 0.290. The monoisotopic (exact) mass is 575 g/mol. The Morgan fingerprint density at radius 1 is 1.12 bits per heavy atom. The number of rotatable bonds is 10. The summed E-state index contributed by atoms with van der Waals surface area (Å²) in [4.78, 5) is 46.1. The molecule has 10 heteroatoms. The number of thiazole rings is 1. The largest absolute Gasteiger partial charge is 0.493 e. The van der Waals surface area contributed by atoms with E-state index in [1.807, 2.05) is 30.3 Å². The van der Waals surface area contributed by atoms with Crippen LogP contribution in [0.4, 0.5) is 5.69 Å². The first-order valence-corrected chi connectivity index (χ1v) is 14.1. The van der Waals surface area contributed by atoms with Crippen LogP contribution in [-0.2, 0) is 14.3 Å². The fourth-order valence-electron chi connectivity index (χ4n) is 4.73. The van der Waals surface area contributed by atoms with Gasteiger partial charge in [-0.25, -0.2) is 9.79 Å². The summed E-state index contributed by atoms with van der Waals surface area (Å²) in [6, 6.07) is 12.1. The lowest BCUT2D eigenvalue weighted by Gasteiger charge is -2.25. The van der Waals surface area contributed by atoms with Gasteiger partial charge in [-0.2, -0.15) is 0 Å². The Hall–Kier alpha value is -4.44. The second kappa shape index (κ2) is 12.8. The van der Waals surface area contributed by atoms with Crippen molar-refractivity contribution >= 4 is 35.0 Å². The second-order valence-electron chi connectivity index (χ2n) is 9.24. The molecule has 2 aromatic carbocycles. The Morgan fingerprint density at radius 3 is 2.44 bits per heavy atom. The van der Waals surface area contributed by atoms with Gasteiger partial charge in [0.1, 0.15) is 6.61 Å². The summed E-state index contributed by atoms with van der Waals surface area (Å²) in [5.41, 5.74) is 2.90. The van der Waals surface area contributed by atoms with E-state index < -0.39 is 18.0 Å². The molecule has 0 amide bonds. The van der Waals surface area contributed by atoms with Gasteiger partial charge in [0.15, 0.2) is 16.3 Å². The van der Waals surface area contributed by atoms with Gasteiger partial charge in [-0.15, -0.1) is 0 Å². The van der Waals surface area contributed by atoms with Crippen molar-refractivity contribution in [2.24, 2.45) is 4.99 Å². The average Bonchev–Trinajstić information content (AvgIpc) is 3.26. The second-order valence-corrected chi connectivity index (χ2v) is 10.2. The van der Waals surface area contributed by atoms with E-state index in [0.717, 1.165) is 24.3 Å². The first-order valence-electron chi connectivity index (χ1n) is 13.2. The molecule has 1 aliphatic rings. The van der Waals surface area contributed by atoms with E-state index in [-0.39, 0.29) is 29.2 Å². The number of aromatic nitrogens is 1. The number of nitrogens with zero attached hydrogens (tertiary/aromatic N) is 3. The minimum Gasteiger partial charge on any atom is -0.493 e. The third-order valence-electron chi connectivity index (χ3n) is 6.65. The van der Waals surface area contributed by atoms with E-state index in [9.17, 15) is 14.4 Å². The van der Waals surface area contributed by atoms with Crippen LogP contribution < -0.4 is 29.3 Å². The van der Waals surface area contributed by atoms with Crippen molar-refractivity contribution in [2.45, 2.75) is 33.7 Å². The molecule has 214 valence electrons. The highest BCUT2D eigenvalue weighted by Crippen LogP contribution is 2.36. The van der Waals surface area contributed by atoms with Crippen molar-refractivity contribution in [3.8, 4) is 11.5 Å². The van der Waals surface area contributed by atoms with Crippen LogP contribution in [0.2, 0.25) is 0 Å². The van der Waals surface area contributed by atoms with Gasteiger partial charge in [0.25, 0.3) is 5.56 Å². The van der Waals surface area contributed by atoms with Crippen molar-refractivity contribution in [1.82, 2.24) is 4.57 Å².